The normalized spacial score (nSPS) is 17.3. The number of fused-ring (bicyclic) bond motifs is 1. The molecule has 1 aromatic heterocycles. The molecule has 1 fully saturated rings. The van der Waals surface area contributed by atoms with Crippen LogP contribution in [0.25, 0.3) is 10.8 Å². The van der Waals surface area contributed by atoms with Gasteiger partial charge >= 0.3 is 0 Å². The van der Waals surface area contributed by atoms with Gasteiger partial charge in [-0.2, -0.15) is 5.10 Å². The van der Waals surface area contributed by atoms with Crippen molar-refractivity contribution in [2.45, 2.75) is 19.0 Å². The van der Waals surface area contributed by atoms with Gasteiger partial charge in [0.15, 0.2) is 5.69 Å². The molecule has 6 nitrogen and oxygen atoms in total. The van der Waals surface area contributed by atoms with Crippen LogP contribution in [0, 0.1) is 0 Å². The van der Waals surface area contributed by atoms with E-state index in [1.165, 1.54) is 10.2 Å². The number of nitrogens with zero attached hydrogens (tertiary/aromatic N) is 3. The second-order valence-corrected chi connectivity index (χ2v) is 7.00. The van der Waals surface area contributed by atoms with E-state index in [0.29, 0.717) is 16.5 Å². The maximum Gasteiger partial charge on any atom is 0.274 e. The molecule has 0 saturated carbocycles. The number of carbonyl (C=O) groups excluding carboxylic acids is 1. The van der Waals surface area contributed by atoms with Gasteiger partial charge in [-0.3, -0.25) is 14.5 Å². The third-order valence-electron chi connectivity index (χ3n) is 5.03. The van der Waals surface area contributed by atoms with Gasteiger partial charge in [0.05, 0.1) is 5.39 Å². The molecule has 27 heavy (non-hydrogen) atoms. The average Bonchev–Trinajstić information content (AvgIpc) is 3.12. The number of benzene rings is 2. The third-order valence-corrected chi connectivity index (χ3v) is 5.03. The standard InChI is InChI=1S/C21H22N4O2/c1-24-21(27)18-10-6-5-9-17(18)19(23-24)20(26)22-16-11-12-25(14-16)13-15-7-3-2-4-8-15/h2-10,16H,11-14H2,1H3,(H,22,26)/t16-/m1/s1. The molecule has 4 rings (SSSR count). The van der Waals surface area contributed by atoms with Crippen LogP contribution in [0.1, 0.15) is 22.5 Å². The first-order valence-electron chi connectivity index (χ1n) is 9.15. The van der Waals surface area contributed by atoms with Crippen LogP contribution in [-0.4, -0.2) is 39.7 Å². The highest BCUT2D eigenvalue weighted by Gasteiger charge is 2.25. The molecule has 1 amide bonds. The van der Waals surface area contributed by atoms with Crippen LogP contribution < -0.4 is 10.9 Å². The van der Waals surface area contributed by atoms with Crippen LogP contribution in [0.2, 0.25) is 0 Å². The Hall–Kier alpha value is -2.99. The second kappa shape index (κ2) is 7.32. The molecule has 0 bridgehead atoms. The number of aryl methyl sites for hydroxylation is 1. The van der Waals surface area contributed by atoms with E-state index in [9.17, 15) is 9.59 Å². The molecule has 138 valence electrons. The van der Waals surface area contributed by atoms with Crippen LogP contribution in [0.5, 0.6) is 0 Å². The van der Waals surface area contributed by atoms with E-state index in [0.717, 1.165) is 26.1 Å². The highest BCUT2D eigenvalue weighted by atomic mass is 16.2. The summed E-state index contributed by atoms with van der Waals surface area (Å²) in [6, 6.07) is 17.5. The fraction of sp³-hybridized carbons (Fsp3) is 0.286. The van der Waals surface area contributed by atoms with Crippen LogP contribution in [0.15, 0.2) is 59.4 Å². The first-order chi connectivity index (χ1) is 13.1. The van der Waals surface area contributed by atoms with Gasteiger partial charge in [-0.05, 0) is 18.1 Å². The summed E-state index contributed by atoms with van der Waals surface area (Å²) < 4.78 is 1.23. The Morgan fingerprint density at radius 1 is 1.11 bits per heavy atom. The van der Waals surface area contributed by atoms with E-state index in [-0.39, 0.29) is 17.5 Å². The maximum atomic E-state index is 12.8. The van der Waals surface area contributed by atoms with Crippen molar-refractivity contribution >= 4 is 16.7 Å². The summed E-state index contributed by atoms with van der Waals surface area (Å²) in [6.45, 7) is 2.64. The Kier molecular flexibility index (Phi) is 4.73. The second-order valence-electron chi connectivity index (χ2n) is 7.00. The van der Waals surface area contributed by atoms with Gasteiger partial charge in [0.25, 0.3) is 11.5 Å². The number of nitrogens with one attached hydrogen (secondary N) is 1. The summed E-state index contributed by atoms with van der Waals surface area (Å²) in [7, 11) is 1.57. The SMILES string of the molecule is Cn1nc(C(=O)N[C@@H]2CCN(Cc3ccccc3)C2)c2ccccc2c1=O. The molecular formula is C21H22N4O2. The van der Waals surface area contributed by atoms with E-state index in [4.69, 9.17) is 0 Å². The Morgan fingerprint density at radius 3 is 2.59 bits per heavy atom. The monoisotopic (exact) mass is 362 g/mol. The molecule has 1 aliphatic rings. The zero-order valence-electron chi connectivity index (χ0n) is 15.3. The Balaban J connectivity index is 1.48. The smallest absolute Gasteiger partial charge is 0.274 e. The maximum absolute atomic E-state index is 12.8. The molecule has 0 aliphatic carbocycles. The molecule has 0 spiro atoms. The lowest BCUT2D eigenvalue weighted by Crippen LogP contribution is -2.38. The van der Waals surface area contributed by atoms with Crippen molar-refractivity contribution < 1.29 is 4.79 Å². The number of rotatable bonds is 4. The molecule has 0 radical (unpaired) electrons. The van der Waals surface area contributed by atoms with Gasteiger partial charge in [0.2, 0.25) is 0 Å². The van der Waals surface area contributed by atoms with E-state index in [1.54, 1.807) is 25.2 Å². The van der Waals surface area contributed by atoms with E-state index in [2.05, 4.69) is 27.4 Å². The quantitative estimate of drug-likeness (QED) is 0.770. The number of hydrogen-bond acceptors (Lipinski definition) is 4. The summed E-state index contributed by atoms with van der Waals surface area (Å²) in [5.41, 5.74) is 1.38. The van der Waals surface area contributed by atoms with Crippen molar-refractivity contribution in [3.8, 4) is 0 Å². The zero-order chi connectivity index (χ0) is 18.8. The van der Waals surface area contributed by atoms with Crippen molar-refractivity contribution in [2.75, 3.05) is 13.1 Å². The van der Waals surface area contributed by atoms with Gasteiger partial charge < -0.3 is 5.32 Å². The third kappa shape index (κ3) is 3.61. The fourth-order valence-electron chi connectivity index (χ4n) is 3.66. The number of aromatic nitrogens is 2. The van der Waals surface area contributed by atoms with Crippen molar-refractivity contribution in [1.29, 1.82) is 0 Å². The number of amides is 1. The minimum Gasteiger partial charge on any atom is -0.347 e. The minimum atomic E-state index is -0.228. The van der Waals surface area contributed by atoms with Gasteiger partial charge in [0.1, 0.15) is 0 Å². The molecule has 2 aromatic carbocycles. The first-order valence-corrected chi connectivity index (χ1v) is 9.15. The fourth-order valence-corrected chi connectivity index (χ4v) is 3.66. The van der Waals surface area contributed by atoms with Gasteiger partial charge in [-0.15, -0.1) is 0 Å². The van der Waals surface area contributed by atoms with Gasteiger partial charge in [0, 0.05) is 38.1 Å². The number of likely N-dealkylation sites (tertiary alicyclic amines) is 1. The van der Waals surface area contributed by atoms with Crippen molar-refractivity contribution in [1.82, 2.24) is 20.0 Å². The number of carbonyl (C=O) groups is 1. The number of hydrogen-bond donors (Lipinski definition) is 1. The van der Waals surface area contributed by atoms with Crippen LogP contribution in [0.3, 0.4) is 0 Å². The summed E-state index contributed by atoms with van der Waals surface area (Å²) in [5, 5.41) is 8.41. The minimum absolute atomic E-state index is 0.0824. The molecule has 1 N–H and O–H groups in total. The topological polar surface area (TPSA) is 67.2 Å². The molecule has 1 aliphatic heterocycles. The molecule has 3 aromatic rings. The Labute approximate surface area is 157 Å². The molecule has 2 heterocycles. The van der Waals surface area contributed by atoms with Crippen molar-refractivity contribution in [3.63, 3.8) is 0 Å². The predicted octanol–water partition coefficient (Wildman–Crippen LogP) is 1.94. The molecule has 1 saturated heterocycles. The average molecular weight is 362 g/mol. The summed E-state index contributed by atoms with van der Waals surface area (Å²) in [5.74, 6) is -0.228. The highest BCUT2D eigenvalue weighted by Crippen LogP contribution is 2.16. The van der Waals surface area contributed by atoms with Crippen molar-refractivity contribution in [3.05, 3.63) is 76.2 Å². The van der Waals surface area contributed by atoms with E-state index < -0.39 is 0 Å². The largest absolute Gasteiger partial charge is 0.347 e. The first kappa shape index (κ1) is 17.4. The Morgan fingerprint density at radius 2 is 1.81 bits per heavy atom. The van der Waals surface area contributed by atoms with Crippen molar-refractivity contribution in [2.24, 2.45) is 7.05 Å². The zero-order valence-corrected chi connectivity index (χ0v) is 15.3. The lowest BCUT2D eigenvalue weighted by Gasteiger charge is -2.17. The summed E-state index contributed by atoms with van der Waals surface area (Å²) in [6.07, 6.45) is 0.905. The van der Waals surface area contributed by atoms with Crippen LogP contribution >= 0.6 is 0 Å². The lowest BCUT2D eigenvalue weighted by molar-refractivity contribution is 0.0932. The van der Waals surface area contributed by atoms with Gasteiger partial charge in [-0.25, -0.2) is 4.68 Å². The molecule has 0 unspecified atom stereocenters. The Bertz CT molecular complexity index is 1030. The van der Waals surface area contributed by atoms with Gasteiger partial charge in [-0.1, -0.05) is 48.5 Å². The lowest BCUT2D eigenvalue weighted by atomic mass is 10.1. The molecule has 1 atom stereocenters. The molecule has 6 heteroatoms. The van der Waals surface area contributed by atoms with E-state index in [1.807, 2.05) is 24.3 Å². The van der Waals surface area contributed by atoms with Crippen LogP contribution in [0.4, 0.5) is 0 Å². The summed E-state index contributed by atoms with van der Waals surface area (Å²) >= 11 is 0. The van der Waals surface area contributed by atoms with E-state index >= 15 is 0 Å². The highest BCUT2D eigenvalue weighted by molar-refractivity contribution is 6.04. The predicted molar refractivity (Wildman–Crippen MR) is 105 cm³/mol. The molecular weight excluding hydrogens is 340 g/mol. The van der Waals surface area contributed by atoms with Crippen LogP contribution in [-0.2, 0) is 13.6 Å². The summed E-state index contributed by atoms with van der Waals surface area (Å²) in [4.78, 5) is 27.4.